The van der Waals surface area contributed by atoms with Gasteiger partial charge in [0.2, 0.25) is 0 Å². The van der Waals surface area contributed by atoms with Gasteiger partial charge < -0.3 is 4.74 Å². The van der Waals surface area contributed by atoms with E-state index >= 15 is 0 Å². The standard InChI is InChI=1S/C45H58O2/c1-15-47-39(46)20-19-28(6)34-17-16-18-35(21-34)37-22-36(26(2)3)38-24-43(12)25-44(13)23-29(7)40(27(4)5)32(10)45(44,14)33(11)42(43)31(9)41(38)30(37)8/h16-18,21-22,26,28H,4,9-10,15,19-20,23-25H2,1-3,5-8,11-14H3/t28?,43-,44+,45-/m1/s1. The highest BCUT2D eigenvalue weighted by Gasteiger charge is 2.60. The predicted molar refractivity (Wildman–Crippen MR) is 201 cm³/mol. The molecule has 2 aromatic rings. The summed E-state index contributed by atoms with van der Waals surface area (Å²) in [6, 6.07) is 11.4. The summed E-state index contributed by atoms with van der Waals surface area (Å²) < 4.78 is 5.19. The van der Waals surface area contributed by atoms with Crippen LogP contribution >= 0.6 is 0 Å². The van der Waals surface area contributed by atoms with Crippen LogP contribution in [0.5, 0.6) is 0 Å². The molecule has 0 bridgehead atoms. The maximum atomic E-state index is 12.1. The Kier molecular flexibility index (Phi) is 9.10. The van der Waals surface area contributed by atoms with E-state index in [0.29, 0.717) is 18.9 Å². The van der Waals surface area contributed by atoms with Gasteiger partial charge in [-0.05, 0) is 144 Å². The Bertz CT molecular complexity index is 1760. The van der Waals surface area contributed by atoms with Crippen LogP contribution in [-0.4, -0.2) is 12.6 Å². The summed E-state index contributed by atoms with van der Waals surface area (Å²) in [5.41, 5.74) is 18.4. The Labute approximate surface area is 285 Å². The molecule has 0 aliphatic heterocycles. The summed E-state index contributed by atoms with van der Waals surface area (Å²) in [6.07, 6.45) is 4.41. The molecule has 0 aromatic heterocycles. The molecule has 2 aromatic carbocycles. The molecule has 3 aliphatic rings. The third-order valence-corrected chi connectivity index (χ3v) is 12.5. The molecule has 0 amide bonds. The lowest BCUT2D eigenvalue weighted by Gasteiger charge is -2.62. The fraction of sp³-hybridized carbons (Fsp3) is 0.489. The first-order valence-corrected chi connectivity index (χ1v) is 17.8. The van der Waals surface area contributed by atoms with E-state index in [0.717, 1.165) is 31.3 Å². The zero-order valence-corrected chi connectivity index (χ0v) is 31.2. The number of rotatable bonds is 8. The molecular weight excluding hydrogens is 572 g/mol. The van der Waals surface area contributed by atoms with Crippen LogP contribution < -0.4 is 0 Å². The first kappa shape index (κ1) is 34.9. The average molecular weight is 631 g/mol. The SMILES string of the molecule is C=C(C)C1=C(C)C[C@@]2(C)C[C@@]3(C)Cc4c(C(C)C)cc(-c5cccc(C(C)CCC(=O)OCC)c5)c(C)c4C(=C)C3=C(C)[C@@]2(C)C1=C. The summed E-state index contributed by atoms with van der Waals surface area (Å²) in [5, 5.41) is 0. The molecule has 250 valence electrons. The number of benzene rings is 2. The quantitative estimate of drug-likeness (QED) is 0.271. The Morgan fingerprint density at radius 1 is 1.02 bits per heavy atom. The van der Waals surface area contributed by atoms with Gasteiger partial charge in [-0.25, -0.2) is 0 Å². The molecule has 0 heterocycles. The van der Waals surface area contributed by atoms with E-state index in [1.807, 2.05) is 6.92 Å². The van der Waals surface area contributed by atoms with Crippen molar-refractivity contribution in [2.45, 2.75) is 120 Å². The topological polar surface area (TPSA) is 26.3 Å². The Hall–Kier alpha value is -3.39. The average Bonchev–Trinajstić information content (AvgIpc) is 2.97. The minimum absolute atomic E-state index is 0.00438. The summed E-state index contributed by atoms with van der Waals surface area (Å²) in [4.78, 5) is 12.1. The van der Waals surface area contributed by atoms with Gasteiger partial charge in [-0.15, -0.1) is 0 Å². The lowest BCUT2D eigenvalue weighted by atomic mass is 9.41. The molecule has 0 N–H and O–H groups in total. The molecule has 0 radical (unpaired) electrons. The van der Waals surface area contributed by atoms with Crippen LogP contribution in [0.25, 0.3) is 16.7 Å². The highest BCUT2D eigenvalue weighted by atomic mass is 16.5. The van der Waals surface area contributed by atoms with Gasteiger partial charge in [-0.2, -0.15) is 0 Å². The van der Waals surface area contributed by atoms with Crippen molar-refractivity contribution in [3.8, 4) is 11.1 Å². The molecular formula is C45H58O2. The first-order valence-electron chi connectivity index (χ1n) is 17.8. The number of ether oxygens (including phenoxy) is 1. The van der Waals surface area contributed by atoms with Crippen LogP contribution in [0.1, 0.15) is 135 Å². The molecule has 2 nitrogen and oxygen atoms in total. The van der Waals surface area contributed by atoms with Crippen molar-refractivity contribution in [1.82, 2.24) is 0 Å². The third kappa shape index (κ3) is 5.44. The van der Waals surface area contributed by atoms with E-state index in [9.17, 15) is 4.79 Å². The molecule has 1 unspecified atom stereocenters. The van der Waals surface area contributed by atoms with Crippen LogP contribution in [0, 0.1) is 23.2 Å². The fourth-order valence-electron chi connectivity index (χ4n) is 10.2. The highest BCUT2D eigenvalue weighted by molar-refractivity contribution is 5.90. The first-order chi connectivity index (χ1) is 21.9. The molecule has 0 spiro atoms. The second-order valence-electron chi connectivity index (χ2n) is 16.2. The Morgan fingerprint density at radius 3 is 2.32 bits per heavy atom. The highest BCUT2D eigenvalue weighted by Crippen LogP contribution is 2.70. The van der Waals surface area contributed by atoms with Crippen molar-refractivity contribution in [3.63, 3.8) is 0 Å². The minimum atomic E-state index is -0.170. The molecule has 0 saturated carbocycles. The van der Waals surface area contributed by atoms with Gasteiger partial charge in [0.05, 0.1) is 6.61 Å². The monoisotopic (exact) mass is 630 g/mol. The van der Waals surface area contributed by atoms with E-state index in [2.05, 4.69) is 106 Å². The van der Waals surface area contributed by atoms with Crippen molar-refractivity contribution in [3.05, 3.63) is 111 Å². The normalized spacial score (nSPS) is 26.2. The van der Waals surface area contributed by atoms with Crippen LogP contribution in [0.4, 0.5) is 0 Å². The lowest BCUT2D eigenvalue weighted by Crippen LogP contribution is -2.52. The van der Waals surface area contributed by atoms with Gasteiger partial charge in [0.1, 0.15) is 0 Å². The van der Waals surface area contributed by atoms with E-state index < -0.39 is 0 Å². The van der Waals surface area contributed by atoms with E-state index in [1.165, 1.54) is 72.4 Å². The van der Waals surface area contributed by atoms with Gasteiger partial charge in [0.15, 0.2) is 0 Å². The zero-order valence-electron chi connectivity index (χ0n) is 31.2. The molecule has 0 fully saturated rings. The van der Waals surface area contributed by atoms with Crippen LogP contribution in [0.3, 0.4) is 0 Å². The lowest BCUT2D eigenvalue weighted by molar-refractivity contribution is -0.143. The predicted octanol–water partition coefficient (Wildman–Crippen LogP) is 12.4. The molecule has 5 rings (SSSR count). The number of carbonyl (C=O) groups is 1. The van der Waals surface area contributed by atoms with E-state index in [1.54, 1.807) is 0 Å². The summed E-state index contributed by atoms with van der Waals surface area (Å²) in [6.45, 7) is 39.9. The second-order valence-corrected chi connectivity index (χ2v) is 16.2. The van der Waals surface area contributed by atoms with Gasteiger partial charge in [-0.1, -0.05) is 108 Å². The maximum Gasteiger partial charge on any atom is 0.305 e. The molecule has 47 heavy (non-hydrogen) atoms. The number of carbonyl (C=O) groups excluding carboxylic acids is 1. The van der Waals surface area contributed by atoms with E-state index in [4.69, 9.17) is 17.9 Å². The Morgan fingerprint density at radius 2 is 1.70 bits per heavy atom. The van der Waals surface area contributed by atoms with Crippen LogP contribution in [0.15, 0.2) is 83.5 Å². The maximum absolute atomic E-state index is 12.1. The number of allylic oxidation sites excluding steroid dienone is 7. The second kappa shape index (κ2) is 12.2. The molecule has 2 heteroatoms. The van der Waals surface area contributed by atoms with Gasteiger partial charge in [-0.3, -0.25) is 4.79 Å². The van der Waals surface area contributed by atoms with Crippen molar-refractivity contribution >= 4 is 11.5 Å². The molecule has 4 atom stereocenters. The van der Waals surface area contributed by atoms with Gasteiger partial charge in [0, 0.05) is 11.8 Å². The van der Waals surface area contributed by atoms with Crippen molar-refractivity contribution in [1.29, 1.82) is 0 Å². The van der Waals surface area contributed by atoms with Crippen LogP contribution in [0.2, 0.25) is 0 Å². The zero-order chi connectivity index (χ0) is 34.8. The van der Waals surface area contributed by atoms with Crippen molar-refractivity contribution < 1.29 is 9.53 Å². The number of hydrogen-bond acceptors (Lipinski definition) is 2. The smallest absolute Gasteiger partial charge is 0.305 e. The van der Waals surface area contributed by atoms with Crippen molar-refractivity contribution in [2.24, 2.45) is 16.2 Å². The number of esters is 1. The Balaban J connectivity index is 1.66. The fourth-order valence-corrected chi connectivity index (χ4v) is 10.2. The minimum Gasteiger partial charge on any atom is -0.466 e. The van der Waals surface area contributed by atoms with Crippen LogP contribution in [-0.2, 0) is 16.0 Å². The van der Waals surface area contributed by atoms with E-state index in [-0.39, 0.29) is 28.1 Å². The van der Waals surface area contributed by atoms with Crippen molar-refractivity contribution in [2.75, 3.05) is 6.61 Å². The number of fused-ring (bicyclic) bond motifs is 3. The third-order valence-electron chi connectivity index (χ3n) is 12.5. The number of hydrogen-bond donors (Lipinski definition) is 0. The molecule has 3 aliphatic carbocycles. The summed E-state index contributed by atoms with van der Waals surface area (Å²) in [7, 11) is 0. The van der Waals surface area contributed by atoms with Gasteiger partial charge >= 0.3 is 5.97 Å². The summed E-state index contributed by atoms with van der Waals surface area (Å²) in [5.74, 6) is 0.529. The largest absolute Gasteiger partial charge is 0.466 e. The summed E-state index contributed by atoms with van der Waals surface area (Å²) >= 11 is 0. The van der Waals surface area contributed by atoms with Gasteiger partial charge in [0.25, 0.3) is 0 Å². The molecule has 0 saturated heterocycles.